The largest absolute Gasteiger partial charge is 0.447 e. The highest BCUT2D eigenvalue weighted by atomic mass is 16.6. The van der Waals surface area contributed by atoms with Crippen LogP contribution in [-0.4, -0.2) is 36.8 Å². The molecule has 2 rings (SSSR count). The second-order valence-corrected chi connectivity index (χ2v) is 7.10. The zero-order valence-corrected chi connectivity index (χ0v) is 17.3. The number of benzene rings is 2. The van der Waals surface area contributed by atoms with Crippen molar-refractivity contribution < 1.29 is 19.1 Å². The Balaban J connectivity index is 1.94. The van der Waals surface area contributed by atoms with Crippen molar-refractivity contribution in [2.45, 2.75) is 52.0 Å². The van der Waals surface area contributed by atoms with Crippen molar-refractivity contribution in [1.82, 2.24) is 10.6 Å². The number of rotatable bonds is 10. The van der Waals surface area contributed by atoms with E-state index in [1.54, 1.807) is 20.8 Å². The van der Waals surface area contributed by atoms with Crippen LogP contribution in [0.5, 0.6) is 0 Å². The molecular formula is C23H30N2O4. The Morgan fingerprint density at radius 3 is 2.07 bits per heavy atom. The van der Waals surface area contributed by atoms with Gasteiger partial charge in [0, 0.05) is 6.54 Å². The molecule has 0 fully saturated rings. The molecule has 2 amide bonds. The van der Waals surface area contributed by atoms with Gasteiger partial charge in [0.25, 0.3) is 0 Å². The van der Waals surface area contributed by atoms with Crippen molar-refractivity contribution in [1.29, 1.82) is 0 Å². The van der Waals surface area contributed by atoms with Gasteiger partial charge in [0.1, 0.15) is 6.04 Å². The van der Waals surface area contributed by atoms with E-state index in [1.165, 1.54) is 0 Å². The number of amides is 2. The molecule has 0 aliphatic heterocycles. The molecule has 0 aromatic heterocycles. The van der Waals surface area contributed by atoms with Gasteiger partial charge >= 0.3 is 6.09 Å². The van der Waals surface area contributed by atoms with E-state index in [4.69, 9.17) is 9.47 Å². The summed E-state index contributed by atoms with van der Waals surface area (Å²) >= 11 is 0. The fourth-order valence-corrected chi connectivity index (χ4v) is 2.75. The minimum Gasteiger partial charge on any atom is -0.447 e. The predicted octanol–water partition coefficient (Wildman–Crippen LogP) is 3.45. The van der Waals surface area contributed by atoms with Crippen LogP contribution < -0.4 is 10.6 Å². The Morgan fingerprint density at radius 2 is 1.48 bits per heavy atom. The third-order valence-corrected chi connectivity index (χ3v) is 4.28. The lowest BCUT2D eigenvalue weighted by atomic mass is 10.1. The molecule has 2 aromatic rings. The summed E-state index contributed by atoms with van der Waals surface area (Å²) < 4.78 is 11.0. The first-order valence-corrected chi connectivity index (χ1v) is 9.90. The third-order valence-electron chi connectivity index (χ3n) is 4.28. The number of hydrogen-bond donors (Lipinski definition) is 2. The van der Waals surface area contributed by atoms with Crippen LogP contribution in [0.1, 0.15) is 31.9 Å². The number of nitrogens with one attached hydrogen (secondary N) is 2. The smallest absolute Gasteiger partial charge is 0.408 e. The topological polar surface area (TPSA) is 76.7 Å². The third kappa shape index (κ3) is 8.35. The molecule has 0 radical (unpaired) electrons. The highest BCUT2D eigenvalue weighted by molar-refractivity contribution is 5.86. The number of hydrogen-bond acceptors (Lipinski definition) is 4. The van der Waals surface area contributed by atoms with E-state index in [0.717, 1.165) is 11.1 Å². The van der Waals surface area contributed by atoms with Crippen LogP contribution in [0.25, 0.3) is 0 Å². The van der Waals surface area contributed by atoms with Crippen molar-refractivity contribution in [2.75, 3.05) is 6.54 Å². The first kappa shape index (κ1) is 22.4. The van der Waals surface area contributed by atoms with Gasteiger partial charge in [0.2, 0.25) is 5.91 Å². The van der Waals surface area contributed by atoms with Crippen molar-refractivity contribution in [2.24, 2.45) is 0 Å². The van der Waals surface area contributed by atoms with Gasteiger partial charge in [-0.2, -0.15) is 0 Å². The number of ether oxygens (including phenoxy) is 2. The van der Waals surface area contributed by atoms with Crippen LogP contribution in [0.15, 0.2) is 60.7 Å². The number of alkyl carbamates (subject to hydrolysis) is 1. The average Bonchev–Trinajstić information content (AvgIpc) is 2.71. The Bertz CT molecular complexity index is 750. The monoisotopic (exact) mass is 398 g/mol. The summed E-state index contributed by atoms with van der Waals surface area (Å²) in [5.74, 6) is -0.304. The summed E-state index contributed by atoms with van der Waals surface area (Å²) in [4.78, 5) is 24.8. The standard InChI is InChI=1S/C23H30N2O4/c1-17(2)29-23(27)25-21(18(3)28-16-20-12-8-5-9-13-20)22(26)24-15-14-19-10-6-4-7-11-19/h4-13,17-18,21H,14-16H2,1-3H3,(H,24,26)(H,25,27)/t18-,21+/m1/s1. The summed E-state index contributed by atoms with van der Waals surface area (Å²) in [6, 6.07) is 18.7. The number of carbonyl (C=O) groups is 2. The lowest BCUT2D eigenvalue weighted by Gasteiger charge is -2.25. The first-order valence-electron chi connectivity index (χ1n) is 9.90. The highest BCUT2D eigenvalue weighted by Crippen LogP contribution is 2.08. The van der Waals surface area contributed by atoms with Gasteiger partial charge < -0.3 is 20.1 Å². The maximum Gasteiger partial charge on any atom is 0.408 e. The fraction of sp³-hybridized carbons (Fsp3) is 0.391. The van der Waals surface area contributed by atoms with Crippen LogP contribution in [0.3, 0.4) is 0 Å². The molecule has 2 aromatic carbocycles. The summed E-state index contributed by atoms with van der Waals surface area (Å²) in [6.07, 6.45) is -0.753. The van der Waals surface area contributed by atoms with Crippen molar-refractivity contribution in [3.63, 3.8) is 0 Å². The molecule has 156 valence electrons. The van der Waals surface area contributed by atoms with Crippen LogP contribution in [0.2, 0.25) is 0 Å². The van der Waals surface area contributed by atoms with Crippen LogP contribution in [0, 0.1) is 0 Å². The quantitative estimate of drug-likeness (QED) is 0.643. The summed E-state index contributed by atoms with van der Waals surface area (Å²) in [6.45, 7) is 6.08. The summed E-state index contributed by atoms with van der Waals surface area (Å²) in [7, 11) is 0. The summed E-state index contributed by atoms with van der Waals surface area (Å²) in [5, 5.41) is 5.51. The Hall–Kier alpha value is -2.86. The normalized spacial score (nSPS) is 12.8. The van der Waals surface area contributed by atoms with Crippen LogP contribution in [0.4, 0.5) is 4.79 Å². The molecule has 6 nitrogen and oxygen atoms in total. The molecule has 0 aliphatic carbocycles. The van der Waals surface area contributed by atoms with Gasteiger partial charge in [0.05, 0.1) is 18.8 Å². The molecule has 0 heterocycles. The van der Waals surface area contributed by atoms with Crippen molar-refractivity contribution >= 4 is 12.0 Å². The van der Waals surface area contributed by atoms with Gasteiger partial charge in [-0.05, 0) is 38.3 Å². The molecular weight excluding hydrogens is 368 g/mol. The lowest BCUT2D eigenvalue weighted by molar-refractivity contribution is -0.127. The van der Waals surface area contributed by atoms with Gasteiger partial charge in [-0.15, -0.1) is 0 Å². The van der Waals surface area contributed by atoms with Gasteiger partial charge in [-0.3, -0.25) is 4.79 Å². The molecule has 6 heteroatoms. The predicted molar refractivity (Wildman–Crippen MR) is 112 cm³/mol. The average molecular weight is 399 g/mol. The zero-order chi connectivity index (χ0) is 21.1. The lowest BCUT2D eigenvalue weighted by Crippen LogP contribution is -2.53. The molecule has 0 spiro atoms. The van der Waals surface area contributed by atoms with Crippen LogP contribution in [-0.2, 0) is 27.3 Å². The van der Waals surface area contributed by atoms with E-state index in [2.05, 4.69) is 10.6 Å². The molecule has 0 aliphatic rings. The Labute approximate surface area is 172 Å². The molecule has 2 atom stereocenters. The van der Waals surface area contributed by atoms with E-state index < -0.39 is 18.2 Å². The maximum absolute atomic E-state index is 12.7. The Kier molecular flexibility index (Phi) is 9.18. The maximum atomic E-state index is 12.7. The SMILES string of the molecule is CC(C)OC(=O)N[C@H](C(=O)NCCc1ccccc1)[C@@H](C)OCc1ccccc1. The molecule has 0 saturated carbocycles. The number of carbonyl (C=O) groups excluding carboxylic acids is 2. The minimum absolute atomic E-state index is 0.280. The zero-order valence-electron chi connectivity index (χ0n) is 17.3. The fourth-order valence-electron chi connectivity index (χ4n) is 2.75. The highest BCUT2D eigenvalue weighted by Gasteiger charge is 2.28. The molecule has 0 bridgehead atoms. The Morgan fingerprint density at radius 1 is 0.897 bits per heavy atom. The first-order chi connectivity index (χ1) is 14.0. The molecule has 0 saturated heterocycles. The van der Waals surface area contributed by atoms with E-state index in [9.17, 15) is 9.59 Å². The molecule has 2 N–H and O–H groups in total. The van der Waals surface area contributed by atoms with Gasteiger partial charge in [0.15, 0.2) is 0 Å². The van der Waals surface area contributed by atoms with E-state index in [-0.39, 0.29) is 12.0 Å². The molecule has 29 heavy (non-hydrogen) atoms. The van der Waals surface area contributed by atoms with Gasteiger partial charge in [-0.1, -0.05) is 60.7 Å². The van der Waals surface area contributed by atoms with E-state index in [1.807, 2.05) is 60.7 Å². The van der Waals surface area contributed by atoms with Crippen LogP contribution >= 0.6 is 0 Å². The second kappa shape index (κ2) is 11.9. The van der Waals surface area contributed by atoms with Crippen molar-refractivity contribution in [3.05, 3.63) is 71.8 Å². The second-order valence-electron chi connectivity index (χ2n) is 7.10. The van der Waals surface area contributed by atoms with E-state index in [0.29, 0.717) is 19.6 Å². The van der Waals surface area contributed by atoms with E-state index >= 15 is 0 Å². The molecule has 0 unspecified atom stereocenters. The minimum atomic E-state index is -0.860. The summed E-state index contributed by atoms with van der Waals surface area (Å²) in [5.41, 5.74) is 2.12. The van der Waals surface area contributed by atoms with Gasteiger partial charge in [-0.25, -0.2) is 4.79 Å². The van der Waals surface area contributed by atoms with Crippen molar-refractivity contribution in [3.8, 4) is 0 Å².